The molecule has 5 rings (SSSR count). The standard InChI is InChI=1S/C18H18FN5O2S.C12H11FN2O/c1-11(2)16-23-24-18(27-16)22-17(25)21-13-5-6-15(19)12(8-13)10-26-14-4-3-7-20-9-14;13-15-11-4-1-3-10(7-11)9-16-12-5-2-6-14-8-12/h3-9,11H,10H2,1-2H3,(H2,21,22,24,25);1-8,15H,9H2. The second-order valence-electron chi connectivity index (χ2n) is 9.24. The number of anilines is 3. The van der Waals surface area contributed by atoms with Crippen molar-refractivity contribution in [2.24, 2.45) is 0 Å². The SMILES string of the molecule is CC(C)c1nnc(NC(=O)Nc2ccc(F)c(COc3cccnc3)c2)s1.FNc1cccc(COc2cccnc2)c1. The van der Waals surface area contributed by atoms with Gasteiger partial charge in [-0.25, -0.2) is 14.7 Å². The molecule has 0 aliphatic carbocycles. The van der Waals surface area contributed by atoms with Gasteiger partial charge in [0.15, 0.2) is 0 Å². The lowest BCUT2D eigenvalue weighted by molar-refractivity contribution is 0.262. The van der Waals surface area contributed by atoms with Crippen LogP contribution in [0.5, 0.6) is 11.5 Å². The van der Waals surface area contributed by atoms with E-state index >= 15 is 0 Å². The van der Waals surface area contributed by atoms with Gasteiger partial charge in [-0.1, -0.05) is 37.3 Å². The molecule has 0 spiro atoms. The molecule has 0 atom stereocenters. The zero-order valence-electron chi connectivity index (χ0n) is 23.3. The minimum Gasteiger partial charge on any atom is -0.487 e. The van der Waals surface area contributed by atoms with Gasteiger partial charge in [0.1, 0.15) is 35.5 Å². The number of hydrogen-bond donors (Lipinski definition) is 3. The monoisotopic (exact) mass is 605 g/mol. The first-order chi connectivity index (χ1) is 20.9. The molecule has 0 fully saturated rings. The van der Waals surface area contributed by atoms with Crippen LogP contribution in [0.2, 0.25) is 0 Å². The minimum absolute atomic E-state index is 0.0167. The first-order valence-corrected chi connectivity index (χ1v) is 13.9. The smallest absolute Gasteiger partial charge is 0.325 e. The number of amides is 2. The second kappa shape index (κ2) is 15.7. The fourth-order valence-electron chi connectivity index (χ4n) is 3.45. The van der Waals surface area contributed by atoms with Crippen molar-refractivity contribution in [3.63, 3.8) is 0 Å². The highest BCUT2D eigenvalue weighted by molar-refractivity contribution is 7.15. The summed E-state index contributed by atoms with van der Waals surface area (Å²) in [6.07, 6.45) is 6.48. The molecule has 222 valence electrons. The zero-order chi connectivity index (χ0) is 30.4. The third kappa shape index (κ3) is 10.0. The Morgan fingerprint density at radius 3 is 2.21 bits per heavy atom. The normalized spacial score (nSPS) is 10.3. The summed E-state index contributed by atoms with van der Waals surface area (Å²) in [6.45, 7) is 4.40. The van der Waals surface area contributed by atoms with Crippen LogP contribution in [0.1, 0.15) is 35.9 Å². The minimum atomic E-state index is -0.479. The van der Waals surface area contributed by atoms with E-state index in [1.165, 1.54) is 29.5 Å². The molecule has 0 aliphatic heterocycles. The first-order valence-electron chi connectivity index (χ1n) is 13.1. The van der Waals surface area contributed by atoms with Crippen molar-refractivity contribution >= 4 is 33.9 Å². The Kier molecular flexibility index (Phi) is 11.3. The Bertz CT molecular complexity index is 1590. The van der Waals surface area contributed by atoms with Gasteiger partial charge in [-0.15, -0.1) is 14.7 Å². The van der Waals surface area contributed by atoms with Crippen molar-refractivity contribution in [1.29, 1.82) is 0 Å². The zero-order valence-corrected chi connectivity index (χ0v) is 24.1. The number of carbonyl (C=O) groups is 1. The van der Waals surface area contributed by atoms with Gasteiger partial charge in [-0.05, 0) is 60.2 Å². The molecule has 3 aromatic heterocycles. The lowest BCUT2D eigenvalue weighted by Crippen LogP contribution is -2.19. The molecule has 10 nitrogen and oxygen atoms in total. The summed E-state index contributed by atoms with van der Waals surface area (Å²) in [5.74, 6) is 1.04. The summed E-state index contributed by atoms with van der Waals surface area (Å²) >= 11 is 1.31. The molecule has 3 heterocycles. The van der Waals surface area contributed by atoms with E-state index in [1.807, 2.05) is 26.0 Å². The van der Waals surface area contributed by atoms with Crippen molar-refractivity contribution in [2.75, 3.05) is 16.2 Å². The van der Waals surface area contributed by atoms with Gasteiger partial charge in [0.25, 0.3) is 0 Å². The Balaban J connectivity index is 0.000000225. The number of hydrogen-bond acceptors (Lipinski definition) is 9. The van der Waals surface area contributed by atoms with E-state index in [9.17, 15) is 13.7 Å². The van der Waals surface area contributed by atoms with Crippen molar-refractivity contribution in [3.05, 3.63) is 113 Å². The topological polar surface area (TPSA) is 123 Å². The predicted molar refractivity (Wildman–Crippen MR) is 161 cm³/mol. The number of ether oxygens (including phenoxy) is 2. The van der Waals surface area contributed by atoms with E-state index < -0.39 is 11.8 Å². The summed E-state index contributed by atoms with van der Waals surface area (Å²) in [5, 5.41) is 14.4. The maximum absolute atomic E-state index is 14.0. The van der Waals surface area contributed by atoms with Crippen LogP contribution >= 0.6 is 11.3 Å². The number of halogens is 2. The fourth-order valence-corrected chi connectivity index (χ4v) is 4.19. The van der Waals surface area contributed by atoms with Gasteiger partial charge in [-0.2, -0.15) is 0 Å². The van der Waals surface area contributed by atoms with Crippen LogP contribution in [0, 0.1) is 5.82 Å². The Hall–Kier alpha value is -5.17. The maximum Gasteiger partial charge on any atom is 0.325 e. The van der Waals surface area contributed by atoms with Crippen LogP contribution in [0.15, 0.2) is 91.5 Å². The number of carbonyl (C=O) groups excluding carboxylic acids is 1. The first kappa shape index (κ1) is 30.8. The van der Waals surface area contributed by atoms with E-state index in [4.69, 9.17) is 9.47 Å². The molecular formula is C30H29F2N7O3S. The highest BCUT2D eigenvalue weighted by atomic mass is 32.1. The van der Waals surface area contributed by atoms with Crippen molar-refractivity contribution in [2.45, 2.75) is 33.0 Å². The van der Waals surface area contributed by atoms with Crippen molar-refractivity contribution in [3.8, 4) is 11.5 Å². The van der Waals surface area contributed by atoms with Crippen LogP contribution in [0.3, 0.4) is 0 Å². The highest BCUT2D eigenvalue weighted by Crippen LogP contribution is 2.23. The third-order valence-electron chi connectivity index (χ3n) is 5.56. The molecule has 0 bridgehead atoms. The Morgan fingerprint density at radius 2 is 1.58 bits per heavy atom. The van der Waals surface area contributed by atoms with E-state index in [1.54, 1.807) is 66.7 Å². The molecule has 43 heavy (non-hydrogen) atoms. The average Bonchev–Trinajstić information content (AvgIpc) is 3.50. The highest BCUT2D eigenvalue weighted by Gasteiger charge is 2.12. The summed E-state index contributed by atoms with van der Waals surface area (Å²) < 4.78 is 37.1. The summed E-state index contributed by atoms with van der Waals surface area (Å²) in [6, 6.07) is 17.9. The van der Waals surface area contributed by atoms with Crippen LogP contribution in [0.4, 0.5) is 30.2 Å². The Morgan fingerprint density at radius 1 is 0.860 bits per heavy atom. The van der Waals surface area contributed by atoms with Crippen LogP contribution in [0.25, 0.3) is 0 Å². The van der Waals surface area contributed by atoms with Gasteiger partial charge in [0.05, 0.1) is 18.1 Å². The number of benzene rings is 2. The molecule has 2 amide bonds. The Labute approximate surface area is 251 Å². The lowest BCUT2D eigenvalue weighted by Gasteiger charge is -2.10. The molecule has 5 aromatic rings. The second-order valence-corrected chi connectivity index (χ2v) is 10.2. The van der Waals surface area contributed by atoms with Gasteiger partial charge < -0.3 is 14.8 Å². The summed E-state index contributed by atoms with van der Waals surface area (Å²) in [7, 11) is 0. The third-order valence-corrected chi connectivity index (χ3v) is 6.70. The lowest BCUT2D eigenvalue weighted by atomic mass is 10.2. The average molecular weight is 606 g/mol. The molecular weight excluding hydrogens is 576 g/mol. The largest absolute Gasteiger partial charge is 0.487 e. The van der Waals surface area contributed by atoms with Crippen molar-refractivity contribution in [1.82, 2.24) is 20.2 Å². The van der Waals surface area contributed by atoms with Crippen LogP contribution in [-0.2, 0) is 13.2 Å². The van der Waals surface area contributed by atoms with Gasteiger partial charge >= 0.3 is 6.03 Å². The van der Waals surface area contributed by atoms with Crippen molar-refractivity contribution < 1.29 is 23.1 Å². The fraction of sp³-hybridized carbons (Fsp3) is 0.167. The van der Waals surface area contributed by atoms with Gasteiger partial charge in [-0.3, -0.25) is 15.3 Å². The number of urea groups is 1. The molecule has 0 saturated carbocycles. The molecule has 0 radical (unpaired) electrons. The quantitative estimate of drug-likeness (QED) is 0.141. The van der Waals surface area contributed by atoms with Crippen LogP contribution in [-0.4, -0.2) is 26.2 Å². The number of aromatic nitrogens is 4. The number of pyridine rings is 2. The molecule has 3 N–H and O–H groups in total. The molecule has 2 aromatic carbocycles. The molecule has 0 aliphatic rings. The van der Waals surface area contributed by atoms with E-state index in [-0.39, 0.29) is 12.5 Å². The van der Waals surface area contributed by atoms with Crippen LogP contribution < -0.4 is 25.6 Å². The van der Waals surface area contributed by atoms with Gasteiger partial charge in [0, 0.05) is 29.6 Å². The van der Waals surface area contributed by atoms with E-state index in [0.29, 0.717) is 40.2 Å². The van der Waals surface area contributed by atoms with Gasteiger partial charge in [0.2, 0.25) is 5.13 Å². The summed E-state index contributed by atoms with van der Waals surface area (Å²) in [5.41, 5.74) is 3.67. The van der Waals surface area contributed by atoms with E-state index in [2.05, 4.69) is 30.8 Å². The number of rotatable bonds is 10. The molecule has 0 saturated heterocycles. The number of nitrogens with zero attached hydrogens (tertiary/aromatic N) is 4. The number of nitrogens with one attached hydrogen (secondary N) is 3. The molecule has 0 unspecified atom stereocenters. The maximum atomic E-state index is 14.0. The summed E-state index contributed by atoms with van der Waals surface area (Å²) in [4.78, 5) is 20.0. The molecule has 13 heteroatoms. The van der Waals surface area contributed by atoms with E-state index in [0.717, 1.165) is 10.6 Å². The predicted octanol–water partition coefficient (Wildman–Crippen LogP) is 7.38.